The van der Waals surface area contributed by atoms with E-state index >= 15 is 0 Å². The highest BCUT2D eigenvalue weighted by Gasteiger charge is 2.02. The van der Waals surface area contributed by atoms with Gasteiger partial charge in [0.05, 0.1) is 0 Å². The molecule has 0 aliphatic rings. The Labute approximate surface area is 106 Å². The molecule has 2 nitrogen and oxygen atoms in total. The molecule has 17 heavy (non-hydrogen) atoms. The van der Waals surface area contributed by atoms with Gasteiger partial charge in [0.25, 0.3) is 0 Å². The van der Waals surface area contributed by atoms with Gasteiger partial charge in [0.1, 0.15) is 5.82 Å². The Balaban J connectivity index is 2.03. The van der Waals surface area contributed by atoms with Crippen LogP contribution in [0.25, 0.3) is 0 Å². The van der Waals surface area contributed by atoms with E-state index in [1.54, 1.807) is 0 Å². The average Bonchev–Trinajstić information content (AvgIpc) is 2.39. The van der Waals surface area contributed by atoms with Crippen LogP contribution in [0.1, 0.15) is 12.5 Å². The molecule has 0 saturated heterocycles. The molecule has 0 spiro atoms. The third kappa shape index (κ3) is 3.49. The number of hydrogen-bond acceptors (Lipinski definition) is 3. The zero-order valence-electron chi connectivity index (χ0n) is 9.89. The van der Waals surface area contributed by atoms with Crippen LogP contribution in [0.5, 0.6) is 0 Å². The summed E-state index contributed by atoms with van der Waals surface area (Å²) < 4.78 is 0. The monoisotopic (exact) mass is 244 g/mol. The molecule has 1 N–H and O–H groups in total. The highest BCUT2D eigenvalue weighted by atomic mass is 32.2. The number of benzene rings is 1. The van der Waals surface area contributed by atoms with Crippen molar-refractivity contribution in [3.8, 4) is 0 Å². The van der Waals surface area contributed by atoms with Gasteiger partial charge in [-0.2, -0.15) is 0 Å². The maximum atomic E-state index is 4.36. The first-order valence-electron chi connectivity index (χ1n) is 5.75. The predicted octanol–water partition coefficient (Wildman–Crippen LogP) is 3.81. The van der Waals surface area contributed by atoms with Gasteiger partial charge in [0, 0.05) is 29.0 Å². The quantitative estimate of drug-likeness (QED) is 0.810. The van der Waals surface area contributed by atoms with Crippen molar-refractivity contribution in [3.63, 3.8) is 0 Å². The molecule has 3 heteroatoms. The van der Waals surface area contributed by atoms with E-state index in [9.17, 15) is 0 Å². The van der Waals surface area contributed by atoms with Crippen LogP contribution >= 0.6 is 11.8 Å². The number of hydrogen-bond donors (Lipinski definition) is 1. The summed E-state index contributed by atoms with van der Waals surface area (Å²) in [5, 5.41) is 3.29. The third-order valence-electron chi connectivity index (χ3n) is 2.37. The fourth-order valence-electron chi connectivity index (χ4n) is 1.56. The maximum absolute atomic E-state index is 4.36. The molecule has 0 amide bonds. The Kier molecular flexibility index (Phi) is 4.45. The van der Waals surface area contributed by atoms with Crippen LogP contribution < -0.4 is 5.32 Å². The van der Waals surface area contributed by atoms with Gasteiger partial charge >= 0.3 is 0 Å². The van der Waals surface area contributed by atoms with E-state index in [0.717, 1.165) is 18.1 Å². The lowest BCUT2D eigenvalue weighted by Crippen LogP contribution is -2.02. The van der Waals surface area contributed by atoms with Crippen LogP contribution in [-0.4, -0.2) is 11.5 Å². The number of aromatic nitrogens is 1. The lowest BCUT2D eigenvalue weighted by Gasteiger charge is -2.08. The summed E-state index contributed by atoms with van der Waals surface area (Å²) in [7, 11) is 0. The Morgan fingerprint density at radius 1 is 1.12 bits per heavy atom. The molecule has 2 rings (SSSR count). The van der Waals surface area contributed by atoms with E-state index in [-0.39, 0.29) is 0 Å². The van der Waals surface area contributed by atoms with Gasteiger partial charge in [-0.25, -0.2) is 4.98 Å². The third-order valence-corrected chi connectivity index (χ3v) is 3.43. The van der Waals surface area contributed by atoms with Gasteiger partial charge < -0.3 is 5.32 Å². The minimum absolute atomic E-state index is 0.903. The van der Waals surface area contributed by atoms with Crippen LogP contribution in [-0.2, 0) is 5.75 Å². The Morgan fingerprint density at radius 3 is 2.71 bits per heavy atom. The molecule has 1 aromatic heterocycles. The molecular formula is C14H16N2S. The van der Waals surface area contributed by atoms with Crippen molar-refractivity contribution in [2.75, 3.05) is 11.9 Å². The van der Waals surface area contributed by atoms with Crippen LogP contribution in [0, 0.1) is 0 Å². The standard InChI is InChI=1S/C14H16N2S/c1-2-15-14-12(7-6-10-16-14)11-17-13-8-4-3-5-9-13/h3-10H,2,11H2,1H3,(H,15,16). The van der Waals surface area contributed by atoms with Gasteiger partial charge in [-0.15, -0.1) is 11.8 Å². The molecule has 0 atom stereocenters. The van der Waals surface area contributed by atoms with Crippen molar-refractivity contribution in [1.29, 1.82) is 0 Å². The molecular weight excluding hydrogens is 228 g/mol. The van der Waals surface area contributed by atoms with E-state index in [0.29, 0.717) is 0 Å². The number of nitrogens with zero attached hydrogens (tertiary/aromatic N) is 1. The summed E-state index contributed by atoms with van der Waals surface area (Å²) >= 11 is 1.83. The largest absolute Gasteiger partial charge is 0.370 e. The fourth-order valence-corrected chi connectivity index (χ4v) is 2.46. The number of pyridine rings is 1. The Morgan fingerprint density at radius 2 is 1.94 bits per heavy atom. The fraction of sp³-hybridized carbons (Fsp3) is 0.214. The van der Waals surface area contributed by atoms with E-state index in [1.165, 1.54) is 10.5 Å². The normalized spacial score (nSPS) is 10.2. The van der Waals surface area contributed by atoms with Gasteiger partial charge in [-0.1, -0.05) is 24.3 Å². The highest BCUT2D eigenvalue weighted by Crippen LogP contribution is 2.25. The van der Waals surface area contributed by atoms with Gasteiger partial charge in [-0.05, 0) is 25.1 Å². The molecule has 2 aromatic rings. The predicted molar refractivity (Wildman–Crippen MR) is 74.4 cm³/mol. The van der Waals surface area contributed by atoms with Crippen LogP contribution in [0.3, 0.4) is 0 Å². The molecule has 88 valence electrons. The summed E-state index contributed by atoms with van der Waals surface area (Å²) in [6, 6.07) is 14.6. The van der Waals surface area contributed by atoms with Crippen molar-refractivity contribution in [2.45, 2.75) is 17.6 Å². The van der Waals surface area contributed by atoms with Crippen LogP contribution in [0.2, 0.25) is 0 Å². The summed E-state index contributed by atoms with van der Waals surface area (Å²) in [5.41, 5.74) is 1.25. The first kappa shape index (κ1) is 12.0. The van der Waals surface area contributed by atoms with Crippen LogP contribution in [0.15, 0.2) is 53.6 Å². The smallest absolute Gasteiger partial charge is 0.129 e. The zero-order valence-corrected chi connectivity index (χ0v) is 10.7. The first-order chi connectivity index (χ1) is 8.40. The Hall–Kier alpha value is -1.48. The van der Waals surface area contributed by atoms with Crippen molar-refractivity contribution in [2.24, 2.45) is 0 Å². The van der Waals surface area contributed by atoms with Crippen molar-refractivity contribution < 1.29 is 0 Å². The van der Waals surface area contributed by atoms with Crippen LogP contribution in [0.4, 0.5) is 5.82 Å². The lowest BCUT2D eigenvalue weighted by atomic mass is 10.3. The topological polar surface area (TPSA) is 24.9 Å². The summed E-state index contributed by atoms with van der Waals surface area (Å²) in [4.78, 5) is 5.65. The minimum Gasteiger partial charge on any atom is -0.370 e. The second kappa shape index (κ2) is 6.30. The number of rotatable bonds is 5. The minimum atomic E-state index is 0.903. The SMILES string of the molecule is CCNc1ncccc1CSc1ccccc1. The van der Waals surface area contributed by atoms with Crippen molar-refractivity contribution in [3.05, 3.63) is 54.2 Å². The molecule has 0 bridgehead atoms. The second-order valence-corrected chi connectivity index (χ2v) is 4.69. The molecule has 0 aliphatic heterocycles. The molecule has 0 radical (unpaired) electrons. The molecule has 0 unspecified atom stereocenters. The zero-order chi connectivity index (χ0) is 11.9. The first-order valence-corrected chi connectivity index (χ1v) is 6.74. The van der Waals surface area contributed by atoms with E-state index in [2.05, 4.69) is 47.6 Å². The second-order valence-electron chi connectivity index (χ2n) is 3.64. The van der Waals surface area contributed by atoms with Crippen molar-refractivity contribution in [1.82, 2.24) is 4.98 Å². The number of anilines is 1. The van der Waals surface area contributed by atoms with Crippen molar-refractivity contribution >= 4 is 17.6 Å². The number of thioether (sulfide) groups is 1. The van der Waals surface area contributed by atoms with Gasteiger partial charge in [-0.3, -0.25) is 0 Å². The summed E-state index contributed by atoms with van der Waals surface area (Å²) in [5.74, 6) is 1.94. The highest BCUT2D eigenvalue weighted by molar-refractivity contribution is 7.98. The summed E-state index contributed by atoms with van der Waals surface area (Å²) in [6.07, 6.45) is 1.83. The van der Waals surface area contributed by atoms with Gasteiger partial charge in [0.15, 0.2) is 0 Å². The van der Waals surface area contributed by atoms with E-state index in [4.69, 9.17) is 0 Å². The molecule has 0 aliphatic carbocycles. The number of nitrogens with one attached hydrogen (secondary N) is 1. The molecule has 1 aromatic carbocycles. The molecule has 0 fully saturated rings. The average molecular weight is 244 g/mol. The maximum Gasteiger partial charge on any atom is 0.129 e. The molecule has 1 heterocycles. The van der Waals surface area contributed by atoms with E-state index in [1.807, 2.05) is 30.1 Å². The van der Waals surface area contributed by atoms with E-state index < -0.39 is 0 Å². The lowest BCUT2D eigenvalue weighted by molar-refractivity contribution is 1.13. The molecule has 0 saturated carbocycles. The summed E-state index contributed by atoms with van der Waals surface area (Å²) in [6.45, 7) is 2.99. The van der Waals surface area contributed by atoms with Gasteiger partial charge in [0.2, 0.25) is 0 Å². The Bertz CT molecular complexity index is 457.